The Kier molecular flexibility index (Phi) is 7.55. The summed E-state index contributed by atoms with van der Waals surface area (Å²) in [5, 5.41) is 16.3. The number of carbonyl (C=O) groups is 1. The van der Waals surface area contributed by atoms with Gasteiger partial charge in [-0.05, 0) is 31.9 Å². The van der Waals surface area contributed by atoms with Gasteiger partial charge >= 0.3 is 12.1 Å². The van der Waals surface area contributed by atoms with Gasteiger partial charge < -0.3 is 24.4 Å². The number of anilines is 2. The van der Waals surface area contributed by atoms with Gasteiger partial charge in [0.05, 0.1) is 31.1 Å². The summed E-state index contributed by atoms with van der Waals surface area (Å²) in [6.45, 7) is 0.476. The predicted octanol–water partition coefficient (Wildman–Crippen LogP) is 4.79. The zero-order valence-electron chi connectivity index (χ0n) is 19.3. The molecule has 0 saturated heterocycles. The van der Waals surface area contributed by atoms with Gasteiger partial charge in [0, 0.05) is 5.92 Å². The molecule has 1 fully saturated rings. The topological polar surface area (TPSA) is 132 Å². The van der Waals surface area contributed by atoms with Crippen molar-refractivity contribution in [1.29, 1.82) is 0 Å². The quantitative estimate of drug-likeness (QED) is 0.416. The smallest absolute Gasteiger partial charge is 0.422 e. The molecule has 3 aromatic rings. The van der Waals surface area contributed by atoms with Crippen LogP contribution in [-0.2, 0) is 4.79 Å². The molecular weight excluding hydrogens is 483 g/mol. The minimum Gasteiger partial charge on any atom is -0.492 e. The number of carboxylic acids is 1. The van der Waals surface area contributed by atoms with Gasteiger partial charge in [-0.25, -0.2) is 4.98 Å². The van der Waals surface area contributed by atoms with Gasteiger partial charge in [0.1, 0.15) is 22.8 Å². The van der Waals surface area contributed by atoms with Gasteiger partial charge in [-0.1, -0.05) is 18.0 Å². The number of rotatable bonds is 9. The fraction of sp³-hybridized carbons (Fsp3) is 0.435. The summed E-state index contributed by atoms with van der Waals surface area (Å²) in [5.41, 5.74) is 1.29. The van der Waals surface area contributed by atoms with Crippen LogP contribution in [0.15, 0.2) is 35.2 Å². The Labute approximate surface area is 203 Å². The van der Waals surface area contributed by atoms with E-state index in [1.54, 1.807) is 19.1 Å². The molecule has 3 heterocycles. The number of aromatic nitrogens is 4. The van der Waals surface area contributed by atoms with Crippen molar-refractivity contribution >= 4 is 17.5 Å². The number of halogens is 3. The summed E-state index contributed by atoms with van der Waals surface area (Å²) in [5.74, 6) is -0.656. The van der Waals surface area contributed by atoms with Crippen molar-refractivity contribution in [2.24, 2.45) is 11.8 Å². The van der Waals surface area contributed by atoms with E-state index in [9.17, 15) is 23.1 Å². The first-order valence-corrected chi connectivity index (χ1v) is 11.3. The lowest BCUT2D eigenvalue weighted by Gasteiger charge is -2.28. The maximum Gasteiger partial charge on any atom is 0.422 e. The highest BCUT2D eigenvalue weighted by molar-refractivity contribution is 5.75. The van der Waals surface area contributed by atoms with Crippen LogP contribution in [0.4, 0.5) is 24.7 Å². The lowest BCUT2D eigenvalue weighted by molar-refractivity contribution is -0.154. The van der Waals surface area contributed by atoms with Gasteiger partial charge in [0.2, 0.25) is 11.6 Å². The van der Waals surface area contributed by atoms with Crippen LogP contribution >= 0.6 is 0 Å². The minimum atomic E-state index is -4.50. The molecule has 0 aromatic carbocycles. The summed E-state index contributed by atoms with van der Waals surface area (Å²) >= 11 is 0. The molecule has 0 aliphatic heterocycles. The van der Waals surface area contributed by atoms with Crippen LogP contribution in [0.2, 0.25) is 0 Å². The molecule has 1 aliphatic carbocycles. The Hall–Kier alpha value is -3.90. The summed E-state index contributed by atoms with van der Waals surface area (Å²) in [7, 11) is 0. The summed E-state index contributed by atoms with van der Waals surface area (Å²) < 4.78 is 53.1. The number of nitrogens with zero attached hydrogens (tertiary/aromatic N) is 4. The molecule has 0 spiro atoms. The average molecular weight is 507 g/mol. The van der Waals surface area contributed by atoms with Crippen molar-refractivity contribution in [1.82, 2.24) is 20.1 Å². The van der Waals surface area contributed by atoms with E-state index in [-0.39, 0.29) is 30.0 Å². The van der Waals surface area contributed by atoms with Crippen LogP contribution in [0.5, 0.6) is 11.6 Å². The van der Waals surface area contributed by atoms with Crippen LogP contribution in [0.1, 0.15) is 31.4 Å². The number of nitrogens with one attached hydrogen (secondary N) is 1. The molecule has 1 aliphatic rings. The maximum atomic E-state index is 12.4. The minimum absolute atomic E-state index is 0.0550. The molecule has 4 rings (SSSR count). The predicted molar refractivity (Wildman–Crippen MR) is 120 cm³/mol. The molecular formula is C23H24F3N5O5. The van der Waals surface area contributed by atoms with Crippen LogP contribution in [0.3, 0.4) is 0 Å². The van der Waals surface area contributed by atoms with Crippen molar-refractivity contribution in [2.75, 3.05) is 18.5 Å². The number of pyridine rings is 1. The molecule has 13 heteroatoms. The van der Waals surface area contributed by atoms with E-state index < -0.39 is 24.7 Å². The highest BCUT2D eigenvalue weighted by Gasteiger charge is 2.31. The van der Waals surface area contributed by atoms with Gasteiger partial charge in [0.25, 0.3) is 0 Å². The zero-order valence-corrected chi connectivity index (χ0v) is 19.3. The van der Waals surface area contributed by atoms with E-state index in [1.807, 2.05) is 0 Å². The number of hydrogen-bond donors (Lipinski definition) is 2. The van der Waals surface area contributed by atoms with Crippen molar-refractivity contribution in [3.63, 3.8) is 0 Å². The lowest BCUT2D eigenvalue weighted by Crippen LogP contribution is -2.31. The SMILES string of the molecule is Cc1noc(-c2ccc(OCC3CCCCC3C(=O)O)cn2)c1Nc1cncc(OCC(F)(F)F)n1. The Morgan fingerprint density at radius 3 is 2.72 bits per heavy atom. The monoisotopic (exact) mass is 507 g/mol. The Morgan fingerprint density at radius 2 is 2.00 bits per heavy atom. The summed E-state index contributed by atoms with van der Waals surface area (Å²) in [6, 6.07) is 3.35. The Morgan fingerprint density at radius 1 is 1.19 bits per heavy atom. The van der Waals surface area contributed by atoms with Gasteiger partial charge in [-0.15, -0.1) is 0 Å². The Bertz CT molecular complexity index is 1190. The second-order valence-corrected chi connectivity index (χ2v) is 8.42. The van der Waals surface area contributed by atoms with E-state index in [4.69, 9.17) is 9.26 Å². The number of ether oxygens (including phenoxy) is 2. The molecule has 3 aromatic heterocycles. The lowest BCUT2D eigenvalue weighted by atomic mass is 9.80. The molecule has 2 N–H and O–H groups in total. The number of aliphatic carboxylic acids is 1. The highest BCUT2D eigenvalue weighted by Crippen LogP contribution is 2.34. The normalized spacial score (nSPS) is 18.0. The second kappa shape index (κ2) is 10.8. The molecule has 2 atom stereocenters. The molecule has 0 radical (unpaired) electrons. The first-order chi connectivity index (χ1) is 17.2. The van der Waals surface area contributed by atoms with Crippen LogP contribution in [0.25, 0.3) is 11.5 Å². The van der Waals surface area contributed by atoms with Gasteiger partial charge in [-0.2, -0.15) is 18.2 Å². The van der Waals surface area contributed by atoms with Crippen molar-refractivity contribution < 1.29 is 37.1 Å². The molecule has 1 saturated carbocycles. The van der Waals surface area contributed by atoms with Gasteiger partial charge in [-0.3, -0.25) is 9.78 Å². The average Bonchev–Trinajstić information content (AvgIpc) is 3.21. The van der Waals surface area contributed by atoms with E-state index in [1.165, 1.54) is 12.4 Å². The molecule has 192 valence electrons. The fourth-order valence-corrected chi connectivity index (χ4v) is 3.99. The standard InChI is InChI=1S/C23H24F3N5O5/c1-13-20(30-18-9-27-10-19(29-18)35-12-23(24,25)26)21(36-31-13)17-7-6-15(8-28-17)34-11-14-4-2-3-5-16(14)22(32)33/h6-10,14,16H,2-5,11-12H2,1H3,(H,29,30)(H,32,33). The maximum absolute atomic E-state index is 12.4. The Balaban J connectivity index is 1.43. The molecule has 36 heavy (non-hydrogen) atoms. The zero-order chi connectivity index (χ0) is 25.7. The van der Waals surface area contributed by atoms with Crippen molar-refractivity contribution in [3.8, 4) is 23.1 Å². The van der Waals surface area contributed by atoms with E-state index in [2.05, 4.69) is 30.2 Å². The fourth-order valence-electron chi connectivity index (χ4n) is 3.99. The second-order valence-electron chi connectivity index (χ2n) is 8.42. The number of carboxylic acid groups (broad SMARTS) is 1. The number of hydrogen-bond acceptors (Lipinski definition) is 9. The van der Waals surface area contributed by atoms with Crippen LogP contribution in [0, 0.1) is 18.8 Å². The third-order valence-electron chi connectivity index (χ3n) is 5.77. The largest absolute Gasteiger partial charge is 0.492 e. The summed E-state index contributed by atoms with van der Waals surface area (Å²) in [6.07, 6.45) is 2.75. The van der Waals surface area contributed by atoms with Crippen LogP contribution in [-0.4, -0.2) is 50.6 Å². The first-order valence-electron chi connectivity index (χ1n) is 11.3. The molecule has 2 unspecified atom stereocenters. The summed E-state index contributed by atoms with van der Waals surface area (Å²) in [4.78, 5) is 23.7. The van der Waals surface area contributed by atoms with E-state index >= 15 is 0 Å². The highest BCUT2D eigenvalue weighted by atomic mass is 19.4. The molecule has 10 nitrogen and oxygen atoms in total. The van der Waals surface area contributed by atoms with E-state index in [0.717, 1.165) is 25.5 Å². The first kappa shape index (κ1) is 25.2. The number of alkyl halides is 3. The third kappa shape index (κ3) is 6.40. The van der Waals surface area contributed by atoms with Gasteiger partial charge in [0.15, 0.2) is 12.4 Å². The van der Waals surface area contributed by atoms with Crippen LogP contribution < -0.4 is 14.8 Å². The third-order valence-corrected chi connectivity index (χ3v) is 5.77. The molecule has 0 bridgehead atoms. The van der Waals surface area contributed by atoms with Crippen molar-refractivity contribution in [3.05, 3.63) is 36.4 Å². The number of aryl methyl sites for hydroxylation is 1. The van der Waals surface area contributed by atoms with E-state index in [0.29, 0.717) is 29.2 Å². The van der Waals surface area contributed by atoms with Crippen molar-refractivity contribution in [2.45, 2.75) is 38.8 Å². The molecule has 0 amide bonds.